The van der Waals surface area contributed by atoms with Gasteiger partial charge in [-0.1, -0.05) is 11.2 Å². The van der Waals surface area contributed by atoms with E-state index in [0.29, 0.717) is 12.3 Å². The minimum atomic E-state index is -0.130. The first-order valence-electron chi connectivity index (χ1n) is 7.95. The second kappa shape index (κ2) is 6.74. The van der Waals surface area contributed by atoms with Crippen molar-refractivity contribution in [1.29, 1.82) is 0 Å². The fourth-order valence-electron chi connectivity index (χ4n) is 2.80. The molecule has 3 rings (SSSR count). The highest BCUT2D eigenvalue weighted by Crippen LogP contribution is 2.25. The molecular formula is C19H20N2O3. The van der Waals surface area contributed by atoms with Crippen LogP contribution in [0.25, 0.3) is 11.0 Å². The van der Waals surface area contributed by atoms with Gasteiger partial charge in [-0.25, -0.2) is 0 Å². The van der Waals surface area contributed by atoms with Crippen molar-refractivity contribution in [1.82, 2.24) is 5.16 Å². The number of rotatable bonds is 5. The third-order valence-electron chi connectivity index (χ3n) is 3.76. The zero-order valence-corrected chi connectivity index (χ0v) is 14.1. The van der Waals surface area contributed by atoms with E-state index in [2.05, 4.69) is 16.5 Å². The summed E-state index contributed by atoms with van der Waals surface area (Å²) in [5, 5.41) is 7.85. The lowest BCUT2D eigenvalue weighted by Gasteiger charge is -2.06. The Kier molecular flexibility index (Phi) is 4.51. The molecule has 0 aliphatic carbocycles. The van der Waals surface area contributed by atoms with Gasteiger partial charge in [0.1, 0.15) is 11.4 Å². The molecule has 1 amide bonds. The van der Waals surface area contributed by atoms with E-state index in [1.54, 1.807) is 0 Å². The van der Waals surface area contributed by atoms with E-state index in [4.69, 9.17) is 9.26 Å². The van der Waals surface area contributed by atoms with Crippen LogP contribution in [0.15, 0.2) is 40.9 Å². The minimum Gasteiger partial charge on any atom is -0.494 e. The van der Waals surface area contributed by atoms with Gasteiger partial charge in [0, 0.05) is 11.1 Å². The zero-order chi connectivity index (χ0) is 17.1. The molecule has 1 aromatic heterocycles. The first-order chi connectivity index (χ1) is 11.6. The Balaban J connectivity index is 1.73. The second-order valence-corrected chi connectivity index (χ2v) is 5.77. The molecule has 0 aliphatic heterocycles. The summed E-state index contributed by atoms with van der Waals surface area (Å²) in [7, 11) is 0. The Hall–Kier alpha value is -2.82. The highest BCUT2D eigenvalue weighted by Gasteiger charge is 2.15. The van der Waals surface area contributed by atoms with Crippen molar-refractivity contribution in [3.8, 4) is 5.75 Å². The van der Waals surface area contributed by atoms with Crippen molar-refractivity contribution < 1.29 is 14.1 Å². The SMILES string of the molecule is CCOc1ccc(NC(=O)Cc2noc3cc(C)cc(C)c23)cc1. The number of carbonyl (C=O) groups excluding carboxylic acids is 1. The van der Waals surface area contributed by atoms with E-state index in [0.717, 1.165) is 33.5 Å². The van der Waals surface area contributed by atoms with Crippen molar-refractivity contribution in [3.63, 3.8) is 0 Å². The minimum absolute atomic E-state index is 0.130. The molecular weight excluding hydrogens is 304 g/mol. The van der Waals surface area contributed by atoms with Gasteiger partial charge in [-0.3, -0.25) is 4.79 Å². The molecule has 24 heavy (non-hydrogen) atoms. The van der Waals surface area contributed by atoms with Crippen molar-refractivity contribution in [2.45, 2.75) is 27.2 Å². The van der Waals surface area contributed by atoms with Crippen LogP contribution in [0.4, 0.5) is 5.69 Å². The zero-order valence-electron chi connectivity index (χ0n) is 14.1. The molecule has 0 atom stereocenters. The Labute approximate surface area is 140 Å². The van der Waals surface area contributed by atoms with Gasteiger partial charge in [-0.2, -0.15) is 0 Å². The van der Waals surface area contributed by atoms with Crippen LogP contribution >= 0.6 is 0 Å². The smallest absolute Gasteiger partial charge is 0.230 e. The number of fused-ring (bicyclic) bond motifs is 1. The average molecular weight is 324 g/mol. The van der Waals surface area contributed by atoms with Crippen LogP contribution in [-0.4, -0.2) is 17.7 Å². The number of anilines is 1. The quantitative estimate of drug-likeness (QED) is 0.770. The summed E-state index contributed by atoms with van der Waals surface area (Å²) in [6, 6.07) is 11.3. The lowest BCUT2D eigenvalue weighted by Crippen LogP contribution is -2.14. The summed E-state index contributed by atoms with van der Waals surface area (Å²) in [6.07, 6.45) is 0.171. The first-order valence-corrected chi connectivity index (χ1v) is 7.95. The Morgan fingerprint density at radius 1 is 1.21 bits per heavy atom. The number of aryl methyl sites for hydroxylation is 2. The van der Waals surface area contributed by atoms with Crippen LogP contribution in [0.5, 0.6) is 5.75 Å². The van der Waals surface area contributed by atoms with Crippen LogP contribution in [0.1, 0.15) is 23.7 Å². The predicted octanol–water partition coefficient (Wildman–Crippen LogP) is 4.02. The Morgan fingerprint density at radius 2 is 1.96 bits per heavy atom. The highest BCUT2D eigenvalue weighted by atomic mass is 16.5. The summed E-state index contributed by atoms with van der Waals surface area (Å²) >= 11 is 0. The maximum absolute atomic E-state index is 12.3. The van der Waals surface area contributed by atoms with Gasteiger partial charge >= 0.3 is 0 Å². The van der Waals surface area contributed by atoms with Gasteiger partial charge < -0.3 is 14.6 Å². The van der Waals surface area contributed by atoms with Crippen molar-refractivity contribution in [2.24, 2.45) is 0 Å². The van der Waals surface area contributed by atoms with Gasteiger partial charge in [-0.05, 0) is 62.2 Å². The molecule has 0 unspecified atom stereocenters. The largest absolute Gasteiger partial charge is 0.494 e. The summed E-state index contributed by atoms with van der Waals surface area (Å²) < 4.78 is 10.7. The number of carbonyl (C=O) groups is 1. The van der Waals surface area contributed by atoms with Crippen LogP contribution in [0.3, 0.4) is 0 Å². The van der Waals surface area contributed by atoms with E-state index < -0.39 is 0 Å². The van der Waals surface area contributed by atoms with Crippen molar-refractivity contribution in [3.05, 3.63) is 53.2 Å². The molecule has 0 fully saturated rings. The van der Waals surface area contributed by atoms with Crippen molar-refractivity contribution in [2.75, 3.05) is 11.9 Å². The third-order valence-corrected chi connectivity index (χ3v) is 3.76. The van der Waals surface area contributed by atoms with Gasteiger partial charge in [-0.15, -0.1) is 0 Å². The molecule has 0 saturated carbocycles. The van der Waals surface area contributed by atoms with Crippen LogP contribution in [0, 0.1) is 13.8 Å². The van der Waals surface area contributed by atoms with Gasteiger partial charge in [0.05, 0.1) is 13.0 Å². The number of amides is 1. The number of ether oxygens (including phenoxy) is 1. The number of nitrogens with one attached hydrogen (secondary N) is 1. The van der Waals surface area contributed by atoms with Crippen LogP contribution in [-0.2, 0) is 11.2 Å². The average Bonchev–Trinajstić information content (AvgIpc) is 2.92. The third kappa shape index (κ3) is 3.40. The molecule has 0 bridgehead atoms. The van der Waals surface area contributed by atoms with Gasteiger partial charge in [0.2, 0.25) is 5.91 Å². The first kappa shape index (κ1) is 16.1. The predicted molar refractivity (Wildman–Crippen MR) is 93.4 cm³/mol. The molecule has 5 nitrogen and oxygen atoms in total. The lowest BCUT2D eigenvalue weighted by molar-refractivity contribution is -0.115. The maximum atomic E-state index is 12.3. The number of hydrogen-bond acceptors (Lipinski definition) is 4. The highest BCUT2D eigenvalue weighted by molar-refractivity contribution is 5.95. The van der Waals surface area contributed by atoms with Crippen LogP contribution in [0.2, 0.25) is 0 Å². The summed E-state index contributed by atoms with van der Waals surface area (Å²) in [5.41, 5.74) is 4.28. The van der Waals surface area contributed by atoms with Gasteiger partial charge in [0.15, 0.2) is 5.58 Å². The van der Waals surface area contributed by atoms with E-state index in [1.165, 1.54) is 0 Å². The topological polar surface area (TPSA) is 64.4 Å². The molecule has 1 heterocycles. The summed E-state index contributed by atoms with van der Waals surface area (Å²) in [4.78, 5) is 12.3. The number of aromatic nitrogens is 1. The fraction of sp³-hybridized carbons (Fsp3) is 0.263. The molecule has 0 spiro atoms. The van der Waals surface area contributed by atoms with Gasteiger partial charge in [0.25, 0.3) is 0 Å². The maximum Gasteiger partial charge on any atom is 0.230 e. The summed E-state index contributed by atoms with van der Waals surface area (Å²) in [6.45, 7) is 6.55. The Bertz CT molecular complexity index is 866. The molecule has 3 aromatic rings. The molecule has 5 heteroatoms. The lowest BCUT2D eigenvalue weighted by atomic mass is 10.0. The molecule has 0 saturated heterocycles. The molecule has 0 radical (unpaired) electrons. The van der Waals surface area contributed by atoms with Crippen molar-refractivity contribution >= 4 is 22.6 Å². The van der Waals surface area contributed by atoms with E-state index in [-0.39, 0.29) is 12.3 Å². The number of nitrogens with zero attached hydrogens (tertiary/aromatic N) is 1. The number of hydrogen-bond donors (Lipinski definition) is 1. The normalized spacial score (nSPS) is 10.8. The molecule has 2 aromatic carbocycles. The fourth-order valence-corrected chi connectivity index (χ4v) is 2.80. The molecule has 0 aliphatic rings. The standard InChI is InChI=1S/C19H20N2O3/c1-4-23-15-7-5-14(6-8-15)20-18(22)11-16-19-13(3)9-12(2)10-17(19)24-21-16/h5-10H,4,11H2,1-3H3,(H,20,22). The van der Waals surface area contributed by atoms with E-state index in [9.17, 15) is 4.79 Å². The monoisotopic (exact) mass is 324 g/mol. The number of benzene rings is 2. The Morgan fingerprint density at radius 3 is 2.67 bits per heavy atom. The second-order valence-electron chi connectivity index (χ2n) is 5.77. The summed E-state index contributed by atoms with van der Waals surface area (Å²) in [5.74, 6) is 0.651. The van der Waals surface area contributed by atoms with E-state index in [1.807, 2.05) is 51.1 Å². The molecule has 1 N–H and O–H groups in total. The van der Waals surface area contributed by atoms with Crippen LogP contribution < -0.4 is 10.1 Å². The molecule has 124 valence electrons. The van der Waals surface area contributed by atoms with E-state index >= 15 is 0 Å².